The summed E-state index contributed by atoms with van der Waals surface area (Å²) in [5.41, 5.74) is 4.93. The Bertz CT molecular complexity index is 1400. The van der Waals surface area contributed by atoms with Crippen LogP contribution in [0.3, 0.4) is 0 Å². The predicted molar refractivity (Wildman–Crippen MR) is 126 cm³/mol. The van der Waals surface area contributed by atoms with Crippen molar-refractivity contribution in [3.05, 3.63) is 34.2 Å². The van der Waals surface area contributed by atoms with E-state index in [0.29, 0.717) is 16.0 Å². The fourth-order valence-electron chi connectivity index (χ4n) is 3.88. The van der Waals surface area contributed by atoms with Gasteiger partial charge in [0, 0.05) is 17.3 Å². The van der Waals surface area contributed by atoms with Gasteiger partial charge in [0.25, 0.3) is 0 Å². The molecular formula is C23H27N5O4S. The summed E-state index contributed by atoms with van der Waals surface area (Å²) in [6.45, 7) is 13.5. The van der Waals surface area contributed by atoms with Crippen molar-refractivity contribution in [1.82, 2.24) is 24.1 Å². The summed E-state index contributed by atoms with van der Waals surface area (Å²) in [5.74, 6) is -0.538. The SMILES string of the molecule is COC(=O)c1nc2c(C(C)C)c(-c3cn4ncnc4c(C)c3C)n(C(=O)OC(C)(C)C)c2s1. The number of aryl methyl sites for hydroxylation is 1. The highest BCUT2D eigenvalue weighted by Crippen LogP contribution is 2.42. The van der Waals surface area contributed by atoms with Gasteiger partial charge >= 0.3 is 12.1 Å². The first-order valence-electron chi connectivity index (χ1n) is 10.6. The van der Waals surface area contributed by atoms with Gasteiger partial charge in [0.05, 0.1) is 12.8 Å². The third kappa shape index (κ3) is 3.78. The Hall–Kier alpha value is -3.27. The van der Waals surface area contributed by atoms with E-state index in [0.717, 1.165) is 39.2 Å². The number of thiazole rings is 1. The lowest BCUT2D eigenvalue weighted by Crippen LogP contribution is -2.27. The van der Waals surface area contributed by atoms with Crippen molar-refractivity contribution < 1.29 is 19.1 Å². The van der Waals surface area contributed by atoms with Crippen LogP contribution in [0.4, 0.5) is 4.79 Å². The first-order valence-corrected chi connectivity index (χ1v) is 11.4. The van der Waals surface area contributed by atoms with E-state index >= 15 is 0 Å². The van der Waals surface area contributed by atoms with Crippen LogP contribution < -0.4 is 0 Å². The molecule has 4 rings (SSSR count). The highest BCUT2D eigenvalue weighted by atomic mass is 32.1. The van der Waals surface area contributed by atoms with Crippen LogP contribution in [-0.4, -0.2) is 48.9 Å². The molecule has 4 aromatic rings. The molecule has 0 radical (unpaired) electrons. The standard InChI is InChI=1S/C23H27N5O4S/c1-11(2)15-16-20(33-19(26-16)21(29)31-8)28(22(30)32-23(5,6)7)17(15)14-9-27-18(24-10-25-27)13(4)12(14)3/h9-11H,1-8H3. The molecule has 0 aliphatic carbocycles. The van der Waals surface area contributed by atoms with Gasteiger partial charge in [-0.1, -0.05) is 25.2 Å². The van der Waals surface area contributed by atoms with Crippen LogP contribution in [-0.2, 0) is 9.47 Å². The lowest BCUT2D eigenvalue weighted by Gasteiger charge is -2.22. The maximum Gasteiger partial charge on any atom is 0.420 e. The summed E-state index contributed by atoms with van der Waals surface area (Å²) in [7, 11) is 1.31. The molecule has 0 aliphatic rings. The van der Waals surface area contributed by atoms with E-state index in [-0.39, 0.29) is 10.9 Å². The molecule has 0 bridgehead atoms. The van der Waals surface area contributed by atoms with Gasteiger partial charge in [0.15, 0.2) is 5.65 Å². The summed E-state index contributed by atoms with van der Waals surface area (Å²) in [4.78, 5) is 35.2. The second-order valence-corrected chi connectivity index (χ2v) is 10.2. The topological polar surface area (TPSA) is 101 Å². The first-order chi connectivity index (χ1) is 15.4. The Morgan fingerprint density at radius 2 is 1.85 bits per heavy atom. The molecule has 0 aliphatic heterocycles. The molecule has 0 aromatic carbocycles. The second kappa shape index (κ2) is 7.95. The Labute approximate surface area is 195 Å². The van der Waals surface area contributed by atoms with E-state index in [1.54, 1.807) is 4.52 Å². The number of ether oxygens (including phenoxy) is 2. The number of pyridine rings is 1. The normalized spacial score (nSPS) is 12.2. The second-order valence-electron chi connectivity index (χ2n) is 9.22. The average molecular weight is 470 g/mol. The van der Waals surface area contributed by atoms with Gasteiger partial charge in [-0.25, -0.2) is 28.6 Å². The summed E-state index contributed by atoms with van der Waals surface area (Å²) in [6, 6.07) is 0. The third-order valence-corrected chi connectivity index (χ3v) is 6.46. The molecule has 4 aromatic heterocycles. The molecule has 10 heteroatoms. The number of hydrogen-bond acceptors (Lipinski definition) is 8. The Kier molecular flexibility index (Phi) is 5.52. The van der Waals surface area contributed by atoms with Crippen molar-refractivity contribution in [1.29, 1.82) is 0 Å². The summed E-state index contributed by atoms with van der Waals surface area (Å²) < 4.78 is 13.9. The quantitative estimate of drug-likeness (QED) is 0.384. The van der Waals surface area contributed by atoms with Crippen molar-refractivity contribution in [2.45, 2.75) is 60.0 Å². The first kappa shape index (κ1) is 22.9. The fraction of sp³-hybridized carbons (Fsp3) is 0.435. The van der Waals surface area contributed by atoms with E-state index in [1.807, 2.05) is 54.7 Å². The Morgan fingerprint density at radius 3 is 2.45 bits per heavy atom. The number of carbonyl (C=O) groups excluding carboxylic acids is 2. The summed E-state index contributed by atoms with van der Waals surface area (Å²) in [6.07, 6.45) is 2.84. The molecule has 9 nitrogen and oxygen atoms in total. The number of carbonyl (C=O) groups is 2. The maximum absolute atomic E-state index is 13.5. The molecule has 0 amide bonds. The van der Waals surface area contributed by atoms with Crippen molar-refractivity contribution >= 4 is 39.4 Å². The fourth-order valence-corrected chi connectivity index (χ4v) is 4.88. The summed E-state index contributed by atoms with van der Waals surface area (Å²) in [5, 5.41) is 4.50. The van der Waals surface area contributed by atoms with Gasteiger partial charge < -0.3 is 9.47 Å². The number of methoxy groups -OCH3 is 1. The van der Waals surface area contributed by atoms with Crippen LogP contribution in [0.5, 0.6) is 0 Å². The molecule has 0 atom stereocenters. The number of esters is 1. The molecule has 174 valence electrons. The minimum absolute atomic E-state index is 0.00457. The zero-order valence-corrected chi connectivity index (χ0v) is 20.8. The highest BCUT2D eigenvalue weighted by Gasteiger charge is 2.32. The molecule has 0 N–H and O–H groups in total. The van der Waals surface area contributed by atoms with Crippen molar-refractivity contribution in [3.8, 4) is 11.3 Å². The van der Waals surface area contributed by atoms with E-state index in [4.69, 9.17) is 9.47 Å². The lowest BCUT2D eigenvalue weighted by atomic mass is 9.95. The number of aromatic nitrogens is 5. The van der Waals surface area contributed by atoms with Crippen LogP contribution in [0.15, 0.2) is 12.5 Å². The number of rotatable bonds is 3. The van der Waals surface area contributed by atoms with Crippen molar-refractivity contribution in [2.75, 3.05) is 7.11 Å². The van der Waals surface area contributed by atoms with E-state index in [1.165, 1.54) is 18.0 Å². The van der Waals surface area contributed by atoms with E-state index in [2.05, 4.69) is 15.1 Å². The highest BCUT2D eigenvalue weighted by molar-refractivity contribution is 7.20. The van der Waals surface area contributed by atoms with Crippen LogP contribution in [0.2, 0.25) is 0 Å². The molecule has 0 saturated heterocycles. The Morgan fingerprint density at radius 1 is 1.15 bits per heavy atom. The molecule has 4 heterocycles. The molecule has 33 heavy (non-hydrogen) atoms. The zero-order valence-electron chi connectivity index (χ0n) is 20.0. The molecule has 0 fully saturated rings. The van der Waals surface area contributed by atoms with Gasteiger partial charge in [-0.05, 0) is 51.7 Å². The number of fused-ring (bicyclic) bond motifs is 2. The number of hydrogen-bond donors (Lipinski definition) is 0. The van der Waals surface area contributed by atoms with Crippen molar-refractivity contribution in [2.24, 2.45) is 0 Å². The van der Waals surface area contributed by atoms with Crippen LogP contribution in [0.1, 0.15) is 67.0 Å². The minimum Gasteiger partial charge on any atom is -0.464 e. The molecule has 0 saturated carbocycles. The smallest absolute Gasteiger partial charge is 0.420 e. The number of nitrogens with zero attached hydrogens (tertiary/aromatic N) is 5. The minimum atomic E-state index is -0.709. The van der Waals surface area contributed by atoms with E-state index in [9.17, 15) is 9.59 Å². The molecular weight excluding hydrogens is 442 g/mol. The largest absolute Gasteiger partial charge is 0.464 e. The zero-order chi connectivity index (χ0) is 24.2. The predicted octanol–water partition coefficient (Wildman–Crippen LogP) is 5.12. The molecule has 0 unspecified atom stereocenters. The van der Waals surface area contributed by atoms with Gasteiger partial charge in [-0.3, -0.25) is 0 Å². The monoisotopic (exact) mass is 469 g/mol. The van der Waals surface area contributed by atoms with Gasteiger partial charge in [-0.15, -0.1) is 0 Å². The third-order valence-electron chi connectivity index (χ3n) is 5.44. The van der Waals surface area contributed by atoms with Crippen molar-refractivity contribution in [3.63, 3.8) is 0 Å². The lowest BCUT2D eigenvalue weighted by molar-refractivity contribution is 0.0545. The van der Waals surface area contributed by atoms with Crippen LogP contribution in [0, 0.1) is 13.8 Å². The van der Waals surface area contributed by atoms with Crippen LogP contribution in [0.25, 0.3) is 27.3 Å². The Balaban J connectivity index is 2.12. The molecule has 0 spiro atoms. The maximum atomic E-state index is 13.5. The van der Waals surface area contributed by atoms with Gasteiger partial charge in [0.2, 0.25) is 5.01 Å². The van der Waals surface area contributed by atoms with E-state index < -0.39 is 17.7 Å². The van der Waals surface area contributed by atoms with Gasteiger partial charge in [-0.2, -0.15) is 5.10 Å². The van der Waals surface area contributed by atoms with Gasteiger partial charge in [0.1, 0.15) is 22.3 Å². The average Bonchev–Trinajstić information content (AvgIpc) is 3.41. The van der Waals surface area contributed by atoms with Crippen LogP contribution >= 0.6 is 11.3 Å². The summed E-state index contributed by atoms with van der Waals surface area (Å²) >= 11 is 1.12.